The Bertz CT molecular complexity index is 729. The Morgan fingerprint density at radius 2 is 2.08 bits per heavy atom. The van der Waals surface area contributed by atoms with Gasteiger partial charge in [-0.25, -0.2) is 0 Å². The van der Waals surface area contributed by atoms with Crippen LogP contribution in [0.1, 0.15) is 29.3 Å². The zero-order valence-corrected chi connectivity index (χ0v) is 15.8. The zero-order chi connectivity index (χ0) is 18.5. The van der Waals surface area contributed by atoms with Crippen molar-refractivity contribution in [1.29, 1.82) is 0 Å². The number of likely N-dealkylation sites (N-methyl/N-ethyl adjacent to an activating group) is 1. The average Bonchev–Trinajstić information content (AvgIpc) is 2.97. The fourth-order valence-electron chi connectivity index (χ4n) is 3.49. The van der Waals surface area contributed by atoms with Crippen molar-refractivity contribution in [3.63, 3.8) is 0 Å². The highest BCUT2D eigenvalue weighted by Crippen LogP contribution is 2.27. The summed E-state index contributed by atoms with van der Waals surface area (Å²) in [6, 6.07) is 10.5. The fraction of sp³-hybridized carbons (Fsp3) is 0.500. The normalized spacial score (nSPS) is 20.9. The SMILES string of the molecule is Cc1c(CCC(=O)NC[C@@H]2OCCN(C)[C@H]2c2ccccc2)cnn1C. The topological polar surface area (TPSA) is 59.4 Å². The van der Waals surface area contributed by atoms with E-state index >= 15 is 0 Å². The number of aryl methyl sites for hydroxylation is 2. The Hall–Kier alpha value is -2.18. The molecule has 1 N–H and O–H groups in total. The quantitative estimate of drug-likeness (QED) is 0.858. The highest BCUT2D eigenvalue weighted by atomic mass is 16.5. The highest BCUT2D eigenvalue weighted by molar-refractivity contribution is 5.76. The molecule has 140 valence electrons. The molecule has 1 aliphatic rings. The molecule has 0 unspecified atom stereocenters. The summed E-state index contributed by atoms with van der Waals surface area (Å²) >= 11 is 0. The zero-order valence-electron chi connectivity index (χ0n) is 15.8. The lowest BCUT2D eigenvalue weighted by atomic mass is 9.98. The monoisotopic (exact) mass is 356 g/mol. The predicted octanol–water partition coefficient (Wildman–Crippen LogP) is 1.85. The van der Waals surface area contributed by atoms with Crippen LogP contribution in [0.5, 0.6) is 0 Å². The largest absolute Gasteiger partial charge is 0.373 e. The van der Waals surface area contributed by atoms with Gasteiger partial charge in [-0.15, -0.1) is 0 Å². The van der Waals surface area contributed by atoms with Gasteiger partial charge in [-0.1, -0.05) is 30.3 Å². The molecule has 0 radical (unpaired) electrons. The van der Waals surface area contributed by atoms with Crippen LogP contribution in [-0.2, 0) is 23.0 Å². The van der Waals surface area contributed by atoms with E-state index in [0.29, 0.717) is 26.0 Å². The van der Waals surface area contributed by atoms with Crippen LogP contribution in [-0.4, -0.2) is 53.4 Å². The van der Waals surface area contributed by atoms with Crippen molar-refractivity contribution >= 4 is 5.91 Å². The van der Waals surface area contributed by atoms with E-state index in [1.165, 1.54) is 5.56 Å². The number of amides is 1. The lowest BCUT2D eigenvalue weighted by molar-refractivity contribution is -0.123. The minimum Gasteiger partial charge on any atom is -0.373 e. The first-order valence-electron chi connectivity index (χ1n) is 9.17. The van der Waals surface area contributed by atoms with Gasteiger partial charge in [-0.2, -0.15) is 5.10 Å². The van der Waals surface area contributed by atoms with E-state index < -0.39 is 0 Å². The van der Waals surface area contributed by atoms with E-state index in [1.54, 1.807) is 0 Å². The molecule has 1 saturated heterocycles. The van der Waals surface area contributed by atoms with Gasteiger partial charge in [-0.3, -0.25) is 14.4 Å². The van der Waals surface area contributed by atoms with Crippen LogP contribution < -0.4 is 5.32 Å². The third-order valence-electron chi connectivity index (χ3n) is 5.20. The second-order valence-corrected chi connectivity index (χ2v) is 6.93. The number of hydrogen-bond acceptors (Lipinski definition) is 4. The first-order valence-corrected chi connectivity index (χ1v) is 9.17. The van der Waals surface area contributed by atoms with E-state index in [9.17, 15) is 4.79 Å². The predicted molar refractivity (Wildman–Crippen MR) is 101 cm³/mol. The van der Waals surface area contributed by atoms with Gasteiger partial charge in [0.1, 0.15) is 0 Å². The van der Waals surface area contributed by atoms with Crippen molar-refractivity contribution in [2.45, 2.75) is 31.9 Å². The Labute approximate surface area is 155 Å². The van der Waals surface area contributed by atoms with Crippen LogP contribution in [0.4, 0.5) is 0 Å². The van der Waals surface area contributed by atoms with E-state index in [2.05, 4.69) is 34.5 Å². The molecule has 6 heteroatoms. The first kappa shape index (κ1) is 18.6. The van der Waals surface area contributed by atoms with E-state index in [0.717, 1.165) is 17.8 Å². The molecule has 3 rings (SSSR count). The summed E-state index contributed by atoms with van der Waals surface area (Å²) in [7, 11) is 4.03. The highest BCUT2D eigenvalue weighted by Gasteiger charge is 2.31. The summed E-state index contributed by atoms with van der Waals surface area (Å²) < 4.78 is 7.82. The summed E-state index contributed by atoms with van der Waals surface area (Å²) in [5, 5.41) is 7.28. The summed E-state index contributed by atoms with van der Waals surface area (Å²) in [5.74, 6) is 0.0527. The number of nitrogens with one attached hydrogen (secondary N) is 1. The van der Waals surface area contributed by atoms with E-state index in [1.807, 2.05) is 43.0 Å². The number of morpholine rings is 1. The molecule has 2 aromatic rings. The third kappa shape index (κ3) is 4.31. The van der Waals surface area contributed by atoms with Crippen LogP contribution >= 0.6 is 0 Å². The van der Waals surface area contributed by atoms with Crippen molar-refractivity contribution in [2.24, 2.45) is 7.05 Å². The Balaban J connectivity index is 1.55. The van der Waals surface area contributed by atoms with Gasteiger partial charge >= 0.3 is 0 Å². The molecular formula is C20H28N4O2. The molecule has 1 aromatic carbocycles. The molecule has 1 amide bonds. The lowest BCUT2D eigenvalue weighted by Crippen LogP contribution is -2.48. The van der Waals surface area contributed by atoms with Gasteiger partial charge in [0.05, 0.1) is 24.9 Å². The van der Waals surface area contributed by atoms with Crippen molar-refractivity contribution in [3.05, 3.63) is 53.3 Å². The summed E-state index contributed by atoms with van der Waals surface area (Å²) in [4.78, 5) is 14.6. The van der Waals surface area contributed by atoms with Gasteiger partial charge in [-0.05, 0) is 31.5 Å². The molecular weight excluding hydrogens is 328 g/mol. The third-order valence-corrected chi connectivity index (χ3v) is 5.20. The minimum absolute atomic E-state index is 0.0415. The molecule has 0 spiro atoms. The number of hydrogen-bond donors (Lipinski definition) is 1. The van der Waals surface area contributed by atoms with Gasteiger partial charge in [0.15, 0.2) is 0 Å². The van der Waals surface area contributed by atoms with Crippen LogP contribution in [0, 0.1) is 6.92 Å². The minimum atomic E-state index is -0.0415. The van der Waals surface area contributed by atoms with Gasteiger partial charge < -0.3 is 10.1 Å². The van der Waals surface area contributed by atoms with Crippen molar-refractivity contribution in [2.75, 3.05) is 26.7 Å². The standard InChI is InChI=1S/C20H28N4O2/c1-15-17(13-22-24(15)3)9-10-19(25)21-14-18-20(23(2)11-12-26-18)16-7-5-4-6-8-16/h4-8,13,18,20H,9-12,14H2,1-3H3,(H,21,25)/t18-,20-/m0/s1. The Morgan fingerprint density at radius 1 is 1.31 bits per heavy atom. The second kappa shape index (κ2) is 8.47. The molecule has 0 aliphatic carbocycles. The summed E-state index contributed by atoms with van der Waals surface area (Å²) in [5.41, 5.74) is 3.46. The molecule has 1 fully saturated rings. The maximum absolute atomic E-state index is 12.3. The van der Waals surface area contributed by atoms with Gasteiger partial charge in [0, 0.05) is 32.3 Å². The maximum Gasteiger partial charge on any atom is 0.220 e. The van der Waals surface area contributed by atoms with Crippen LogP contribution in [0.3, 0.4) is 0 Å². The Morgan fingerprint density at radius 3 is 2.77 bits per heavy atom. The van der Waals surface area contributed by atoms with E-state index in [4.69, 9.17) is 4.74 Å². The molecule has 0 bridgehead atoms. The molecule has 1 aromatic heterocycles. The maximum atomic E-state index is 12.3. The number of aromatic nitrogens is 2. The number of nitrogens with zero attached hydrogens (tertiary/aromatic N) is 3. The number of rotatable bonds is 6. The lowest BCUT2D eigenvalue weighted by Gasteiger charge is -2.39. The molecule has 1 aliphatic heterocycles. The molecule has 0 saturated carbocycles. The fourth-order valence-corrected chi connectivity index (χ4v) is 3.49. The molecule has 2 atom stereocenters. The number of carbonyl (C=O) groups is 1. The number of carbonyl (C=O) groups excluding carboxylic acids is 1. The molecule has 2 heterocycles. The Kier molecular flexibility index (Phi) is 6.06. The van der Waals surface area contributed by atoms with E-state index in [-0.39, 0.29) is 18.1 Å². The van der Waals surface area contributed by atoms with Crippen LogP contribution in [0.25, 0.3) is 0 Å². The average molecular weight is 356 g/mol. The van der Waals surface area contributed by atoms with Crippen LogP contribution in [0.15, 0.2) is 36.5 Å². The van der Waals surface area contributed by atoms with Crippen molar-refractivity contribution < 1.29 is 9.53 Å². The van der Waals surface area contributed by atoms with Gasteiger partial charge in [0.2, 0.25) is 5.91 Å². The van der Waals surface area contributed by atoms with Crippen LogP contribution in [0.2, 0.25) is 0 Å². The smallest absolute Gasteiger partial charge is 0.220 e. The summed E-state index contributed by atoms with van der Waals surface area (Å²) in [6.07, 6.45) is 2.97. The number of ether oxygens (including phenoxy) is 1. The summed E-state index contributed by atoms with van der Waals surface area (Å²) in [6.45, 7) is 4.13. The van der Waals surface area contributed by atoms with Gasteiger partial charge in [0.25, 0.3) is 0 Å². The van der Waals surface area contributed by atoms with Crippen molar-refractivity contribution in [3.8, 4) is 0 Å². The molecule has 26 heavy (non-hydrogen) atoms. The first-order chi connectivity index (χ1) is 12.6. The van der Waals surface area contributed by atoms with Crippen molar-refractivity contribution in [1.82, 2.24) is 20.0 Å². The molecule has 6 nitrogen and oxygen atoms in total. The second-order valence-electron chi connectivity index (χ2n) is 6.93. The number of benzene rings is 1.